The van der Waals surface area contributed by atoms with E-state index in [1.54, 1.807) is 18.3 Å². The largest absolute Gasteiger partial charge is 0.492 e. The molecule has 1 aliphatic rings. The molecule has 1 aliphatic carbocycles. The van der Waals surface area contributed by atoms with Gasteiger partial charge in [0.25, 0.3) is 5.91 Å². The van der Waals surface area contributed by atoms with E-state index >= 15 is 0 Å². The average molecular weight is 344 g/mol. The Morgan fingerprint density at radius 3 is 2.76 bits per heavy atom. The Balaban J connectivity index is 1.39. The van der Waals surface area contributed by atoms with Crippen LogP contribution in [0.4, 0.5) is 4.39 Å². The van der Waals surface area contributed by atoms with Crippen molar-refractivity contribution in [1.29, 1.82) is 0 Å². The van der Waals surface area contributed by atoms with Gasteiger partial charge >= 0.3 is 0 Å². The summed E-state index contributed by atoms with van der Waals surface area (Å²) in [6, 6.07) is 7.57. The highest BCUT2D eigenvalue weighted by atomic mass is 19.1. The lowest BCUT2D eigenvalue weighted by Gasteiger charge is -2.18. The van der Waals surface area contributed by atoms with Crippen LogP contribution in [0.25, 0.3) is 0 Å². The van der Waals surface area contributed by atoms with Gasteiger partial charge < -0.3 is 14.8 Å². The molecule has 0 saturated carbocycles. The number of amides is 1. The maximum absolute atomic E-state index is 12.8. The predicted octanol–water partition coefficient (Wildman–Crippen LogP) is 2.67. The molecular weight excluding hydrogens is 323 g/mol. The minimum Gasteiger partial charge on any atom is -0.492 e. The Morgan fingerprint density at radius 1 is 1.12 bits per heavy atom. The molecule has 1 amide bonds. The molecule has 0 radical (unpaired) electrons. The molecule has 1 N–H and O–H groups in total. The first kappa shape index (κ1) is 17.2. The van der Waals surface area contributed by atoms with Crippen molar-refractivity contribution in [3.05, 3.63) is 53.6 Å². The molecule has 0 spiro atoms. The summed E-state index contributed by atoms with van der Waals surface area (Å²) in [5.41, 5.74) is 2.21. The van der Waals surface area contributed by atoms with Gasteiger partial charge in [-0.1, -0.05) is 0 Å². The van der Waals surface area contributed by atoms with E-state index in [9.17, 15) is 9.18 Å². The van der Waals surface area contributed by atoms with Crippen LogP contribution >= 0.6 is 0 Å². The summed E-state index contributed by atoms with van der Waals surface area (Å²) in [4.78, 5) is 16.3. The Kier molecular flexibility index (Phi) is 5.82. The molecule has 6 heteroatoms. The number of ether oxygens (including phenoxy) is 2. The van der Waals surface area contributed by atoms with Crippen LogP contribution in [0.3, 0.4) is 0 Å². The number of aryl methyl sites for hydroxylation is 1. The highest BCUT2D eigenvalue weighted by Crippen LogP contribution is 2.27. The number of halogens is 1. The van der Waals surface area contributed by atoms with E-state index in [1.165, 1.54) is 12.1 Å². The van der Waals surface area contributed by atoms with E-state index in [0.29, 0.717) is 18.9 Å². The summed E-state index contributed by atoms with van der Waals surface area (Å²) in [6.45, 7) is 0.628. The maximum Gasteiger partial charge on any atom is 0.258 e. The van der Waals surface area contributed by atoms with Gasteiger partial charge in [0.15, 0.2) is 6.61 Å². The van der Waals surface area contributed by atoms with Gasteiger partial charge in [-0.3, -0.25) is 9.78 Å². The Morgan fingerprint density at radius 2 is 1.92 bits per heavy atom. The Labute approximate surface area is 146 Å². The van der Waals surface area contributed by atoms with Crippen molar-refractivity contribution in [2.75, 3.05) is 19.8 Å². The van der Waals surface area contributed by atoms with E-state index in [0.717, 1.165) is 42.7 Å². The van der Waals surface area contributed by atoms with Gasteiger partial charge in [-0.05, 0) is 56.0 Å². The van der Waals surface area contributed by atoms with Gasteiger partial charge in [0.2, 0.25) is 0 Å². The fourth-order valence-electron chi connectivity index (χ4n) is 2.81. The highest BCUT2D eigenvalue weighted by molar-refractivity contribution is 5.77. The monoisotopic (exact) mass is 344 g/mol. The quantitative estimate of drug-likeness (QED) is 0.785. The van der Waals surface area contributed by atoms with Crippen LogP contribution in [-0.2, 0) is 17.6 Å². The SMILES string of the molecule is O=C(COc1ccnc2c1CCCC2)NCCOc1ccc(F)cc1. The lowest BCUT2D eigenvalue weighted by atomic mass is 9.95. The summed E-state index contributed by atoms with van der Waals surface area (Å²) in [7, 11) is 0. The average Bonchev–Trinajstić information content (AvgIpc) is 2.65. The number of rotatable bonds is 7. The van der Waals surface area contributed by atoms with Crippen LogP contribution in [0.15, 0.2) is 36.5 Å². The topological polar surface area (TPSA) is 60.5 Å². The van der Waals surface area contributed by atoms with Crippen molar-refractivity contribution in [3.63, 3.8) is 0 Å². The van der Waals surface area contributed by atoms with Crippen LogP contribution < -0.4 is 14.8 Å². The van der Waals surface area contributed by atoms with Crippen LogP contribution in [-0.4, -0.2) is 30.6 Å². The molecule has 0 saturated heterocycles. The first-order valence-corrected chi connectivity index (χ1v) is 8.47. The second-order valence-corrected chi connectivity index (χ2v) is 5.88. The molecule has 0 atom stereocenters. The molecule has 1 heterocycles. The zero-order valence-corrected chi connectivity index (χ0v) is 14.0. The number of benzene rings is 1. The highest BCUT2D eigenvalue weighted by Gasteiger charge is 2.15. The third kappa shape index (κ3) is 4.92. The van der Waals surface area contributed by atoms with E-state index in [1.807, 2.05) is 6.07 Å². The molecule has 1 aromatic heterocycles. The molecule has 5 nitrogen and oxygen atoms in total. The standard InChI is InChI=1S/C19H21FN2O3/c20-14-5-7-15(8-6-14)24-12-11-22-19(23)13-25-18-9-10-21-17-4-2-1-3-16(17)18/h5-10H,1-4,11-13H2,(H,22,23). The number of nitrogens with zero attached hydrogens (tertiary/aromatic N) is 1. The minimum absolute atomic E-state index is 0.0347. The number of fused-ring (bicyclic) bond motifs is 1. The molecular formula is C19H21FN2O3. The van der Waals surface area contributed by atoms with Crippen molar-refractivity contribution in [1.82, 2.24) is 10.3 Å². The second-order valence-electron chi connectivity index (χ2n) is 5.88. The maximum atomic E-state index is 12.8. The number of pyridine rings is 1. The van der Waals surface area contributed by atoms with E-state index in [-0.39, 0.29) is 18.3 Å². The molecule has 0 bridgehead atoms. The third-order valence-corrected chi connectivity index (χ3v) is 4.06. The number of nitrogens with one attached hydrogen (secondary N) is 1. The first-order valence-electron chi connectivity index (χ1n) is 8.47. The fourth-order valence-corrected chi connectivity index (χ4v) is 2.81. The number of aromatic nitrogens is 1. The van der Waals surface area contributed by atoms with Gasteiger partial charge in [0.05, 0.1) is 6.54 Å². The molecule has 2 aromatic rings. The van der Waals surface area contributed by atoms with Crippen LogP contribution in [0.5, 0.6) is 11.5 Å². The summed E-state index contributed by atoms with van der Waals surface area (Å²) in [5, 5.41) is 2.74. The lowest BCUT2D eigenvalue weighted by Crippen LogP contribution is -2.32. The zero-order chi connectivity index (χ0) is 17.5. The Hall–Kier alpha value is -2.63. The van der Waals surface area contributed by atoms with Gasteiger partial charge in [-0.15, -0.1) is 0 Å². The molecule has 1 aromatic carbocycles. The van der Waals surface area contributed by atoms with Crippen molar-refractivity contribution in [3.8, 4) is 11.5 Å². The number of hydrogen-bond acceptors (Lipinski definition) is 4. The van der Waals surface area contributed by atoms with Gasteiger partial charge in [-0.25, -0.2) is 4.39 Å². The summed E-state index contributed by atoms with van der Waals surface area (Å²) in [6.07, 6.45) is 5.93. The Bertz CT molecular complexity index is 719. The molecule has 25 heavy (non-hydrogen) atoms. The lowest BCUT2D eigenvalue weighted by molar-refractivity contribution is -0.123. The van der Waals surface area contributed by atoms with Crippen LogP contribution in [0.2, 0.25) is 0 Å². The number of carbonyl (C=O) groups is 1. The van der Waals surface area contributed by atoms with Crippen LogP contribution in [0, 0.1) is 5.82 Å². The number of hydrogen-bond donors (Lipinski definition) is 1. The molecule has 3 rings (SSSR count). The zero-order valence-electron chi connectivity index (χ0n) is 14.0. The molecule has 0 fully saturated rings. The van der Waals surface area contributed by atoms with Crippen molar-refractivity contribution >= 4 is 5.91 Å². The van der Waals surface area contributed by atoms with Crippen molar-refractivity contribution in [2.45, 2.75) is 25.7 Å². The molecule has 0 unspecified atom stereocenters. The van der Waals surface area contributed by atoms with Crippen molar-refractivity contribution in [2.24, 2.45) is 0 Å². The minimum atomic E-state index is -0.309. The summed E-state index contributed by atoms with van der Waals surface area (Å²) >= 11 is 0. The second kappa shape index (κ2) is 8.46. The van der Waals surface area contributed by atoms with Gasteiger partial charge in [0, 0.05) is 17.5 Å². The van der Waals surface area contributed by atoms with Crippen LogP contribution in [0.1, 0.15) is 24.1 Å². The van der Waals surface area contributed by atoms with Gasteiger partial charge in [0.1, 0.15) is 23.9 Å². The number of carbonyl (C=O) groups excluding carboxylic acids is 1. The van der Waals surface area contributed by atoms with Crippen molar-refractivity contribution < 1.29 is 18.7 Å². The normalized spacial score (nSPS) is 13.0. The van der Waals surface area contributed by atoms with E-state index in [2.05, 4.69) is 10.3 Å². The predicted molar refractivity (Wildman–Crippen MR) is 91.3 cm³/mol. The van der Waals surface area contributed by atoms with E-state index < -0.39 is 0 Å². The van der Waals surface area contributed by atoms with Gasteiger partial charge in [-0.2, -0.15) is 0 Å². The molecule has 0 aliphatic heterocycles. The summed E-state index contributed by atoms with van der Waals surface area (Å²) < 4.78 is 23.9. The fraction of sp³-hybridized carbons (Fsp3) is 0.368. The first-order chi connectivity index (χ1) is 12.2. The smallest absolute Gasteiger partial charge is 0.258 e. The summed E-state index contributed by atoms with van der Waals surface area (Å²) in [5.74, 6) is 0.804. The third-order valence-electron chi connectivity index (χ3n) is 4.06. The van der Waals surface area contributed by atoms with E-state index in [4.69, 9.17) is 9.47 Å². The molecule has 132 valence electrons.